The maximum absolute atomic E-state index is 5.32. The van der Waals surface area contributed by atoms with E-state index in [0.717, 1.165) is 56.7 Å². The molecule has 1 aromatic carbocycles. The molecule has 3 rings (SSSR count). The maximum Gasteiger partial charge on any atom is 0.194 e. The van der Waals surface area contributed by atoms with Crippen LogP contribution in [-0.2, 0) is 0 Å². The van der Waals surface area contributed by atoms with Crippen molar-refractivity contribution >= 4 is 35.6 Å². The van der Waals surface area contributed by atoms with E-state index in [4.69, 9.17) is 9.52 Å². The van der Waals surface area contributed by atoms with Gasteiger partial charge in [0, 0.05) is 56.4 Å². The van der Waals surface area contributed by atoms with E-state index in [0.29, 0.717) is 0 Å². The van der Waals surface area contributed by atoms with Gasteiger partial charge >= 0.3 is 0 Å². The van der Waals surface area contributed by atoms with Crippen molar-refractivity contribution in [3.8, 4) is 0 Å². The first-order valence-electron chi connectivity index (χ1n) is 10.3. The number of guanidine groups is 1. The molecule has 1 saturated heterocycles. The molecule has 0 amide bonds. The van der Waals surface area contributed by atoms with Gasteiger partial charge in [0.05, 0.1) is 5.69 Å². The lowest BCUT2D eigenvalue weighted by atomic mass is 10.00. The standard InChI is InChI=1S/C22H33N5O.HI/c1-6-23-22(24-15-17(3)21-18(4)25-28-19(21)5)27-12-10-26(11-13-27)20-9-7-8-16(2)14-20;/h7-9,14,17H,6,10-13,15H2,1-5H3,(H,23,24);1H. The largest absolute Gasteiger partial charge is 0.368 e. The molecule has 1 aromatic heterocycles. The van der Waals surface area contributed by atoms with Crippen LogP contribution in [0.1, 0.15) is 42.3 Å². The van der Waals surface area contributed by atoms with Crippen molar-refractivity contribution in [3.63, 3.8) is 0 Å². The highest BCUT2D eigenvalue weighted by Gasteiger charge is 2.21. The number of hydrogen-bond acceptors (Lipinski definition) is 4. The fourth-order valence-electron chi connectivity index (χ4n) is 3.94. The third-order valence-electron chi connectivity index (χ3n) is 5.38. The van der Waals surface area contributed by atoms with Crippen molar-refractivity contribution in [2.75, 3.05) is 44.2 Å². The van der Waals surface area contributed by atoms with Gasteiger partial charge in [-0.25, -0.2) is 0 Å². The van der Waals surface area contributed by atoms with Crippen molar-refractivity contribution in [1.29, 1.82) is 0 Å². The van der Waals surface area contributed by atoms with Crippen LogP contribution in [0.3, 0.4) is 0 Å². The van der Waals surface area contributed by atoms with Crippen LogP contribution in [-0.4, -0.2) is 55.3 Å². The Labute approximate surface area is 191 Å². The van der Waals surface area contributed by atoms with E-state index in [1.807, 2.05) is 13.8 Å². The monoisotopic (exact) mass is 511 g/mol. The van der Waals surface area contributed by atoms with Crippen molar-refractivity contribution < 1.29 is 4.52 Å². The first-order valence-corrected chi connectivity index (χ1v) is 10.3. The summed E-state index contributed by atoms with van der Waals surface area (Å²) in [5.41, 5.74) is 4.78. The van der Waals surface area contributed by atoms with Gasteiger partial charge in [-0.3, -0.25) is 4.99 Å². The van der Waals surface area contributed by atoms with Gasteiger partial charge < -0.3 is 19.6 Å². The average Bonchev–Trinajstić information content (AvgIpc) is 3.03. The fraction of sp³-hybridized carbons (Fsp3) is 0.545. The van der Waals surface area contributed by atoms with Gasteiger partial charge in [0.25, 0.3) is 0 Å². The molecule has 1 aliphatic heterocycles. The lowest BCUT2D eigenvalue weighted by Crippen LogP contribution is -2.52. The molecule has 1 unspecified atom stereocenters. The quantitative estimate of drug-likeness (QED) is 0.372. The van der Waals surface area contributed by atoms with Gasteiger partial charge in [-0.2, -0.15) is 0 Å². The lowest BCUT2D eigenvalue weighted by Gasteiger charge is -2.38. The predicted molar refractivity (Wildman–Crippen MR) is 131 cm³/mol. The van der Waals surface area contributed by atoms with Crippen LogP contribution in [0.2, 0.25) is 0 Å². The van der Waals surface area contributed by atoms with Crippen LogP contribution in [0.5, 0.6) is 0 Å². The molecule has 0 saturated carbocycles. The summed E-state index contributed by atoms with van der Waals surface area (Å²) < 4.78 is 5.32. The molecular formula is C22H34IN5O. The first kappa shape index (κ1) is 23.5. The Balaban J connectivity index is 0.00000300. The molecule has 160 valence electrons. The summed E-state index contributed by atoms with van der Waals surface area (Å²) in [4.78, 5) is 9.76. The normalized spacial score (nSPS) is 15.8. The Hall–Kier alpha value is -1.77. The minimum atomic E-state index is 0. The number of nitrogens with one attached hydrogen (secondary N) is 1. The zero-order valence-electron chi connectivity index (χ0n) is 18.2. The number of hydrogen-bond donors (Lipinski definition) is 1. The molecule has 1 atom stereocenters. The smallest absolute Gasteiger partial charge is 0.194 e. The number of nitrogens with zero attached hydrogens (tertiary/aromatic N) is 4. The van der Waals surface area contributed by atoms with E-state index in [2.05, 4.69) is 65.3 Å². The van der Waals surface area contributed by atoms with E-state index in [-0.39, 0.29) is 29.9 Å². The molecule has 7 heteroatoms. The summed E-state index contributed by atoms with van der Waals surface area (Å²) in [5.74, 6) is 2.19. The number of aromatic nitrogens is 1. The maximum atomic E-state index is 5.32. The molecule has 0 bridgehead atoms. The number of anilines is 1. The van der Waals surface area contributed by atoms with Gasteiger partial charge in [-0.15, -0.1) is 24.0 Å². The Bertz CT molecular complexity index is 792. The van der Waals surface area contributed by atoms with Gasteiger partial charge in [-0.05, 0) is 45.4 Å². The van der Waals surface area contributed by atoms with Gasteiger partial charge in [0.15, 0.2) is 5.96 Å². The van der Waals surface area contributed by atoms with Crippen LogP contribution < -0.4 is 10.2 Å². The number of rotatable bonds is 5. The van der Waals surface area contributed by atoms with Crippen molar-refractivity contribution in [2.45, 2.75) is 40.5 Å². The van der Waals surface area contributed by atoms with Gasteiger partial charge in [-0.1, -0.05) is 24.2 Å². The highest BCUT2D eigenvalue weighted by Crippen LogP contribution is 2.23. The van der Waals surface area contributed by atoms with Crippen LogP contribution in [0.15, 0.2) is 33.8 Å². The third-order valence-corrected chi connectivity index (χ3v) is 5.38. The van der Waals surface area contributed by atoms with Crippen LogP contribution in [0.25, 0.3) is 0 Å². The zero-order valence-corrected chi connectivity index (χ0v) is 20.6. The Morgan fingerprint density at radius 2 is 1.93 bits per heavy atom. The van der Waals surface area contributed by atoms with E-state index in [9.17, 15) is 0 Å². The molecule has 2 heterocycles. The highest BCUT2D eigenvalue weighted by atomic mass is 127. The van der Waals surface area contributed by atoms with Crippen molar-refractivity contribution in [3.05, 3.63) is 46.8 Å². The number of benzene rings is 1. The summed E-state index contributed by atoms with van der Waals surface area (Å²) in [6, 6.07) is 8.75. The Kier molecular flexibility index (Phi) is 8.79. The van der Waals surface area contributed by atoms with Crippen LogP contribution in [0, 0.1) is 20.8 Å². The Morgan fingerprint density at radius 1 is 1.21 bits per heavy atom. The van der Waals surface area contributed by atoms with Crippen LogP contribution in [0.4, 0.5) is 5.69 Å². The van der Waals surface area contributed by atoms with Gasteiger partial charge in [0.1, 0.15) is 5.76 Å². The highest BCUT2D eigenvalue weighted by molar-refractivity contribution is 14.0. The number of aryl methyl sites for hydroxylation is 3. The van der Waals surface area contributed by atoms with E-state index in [1.54, 1.807) is 0 Å². The van der Waals surface area contributed by atoms with E-state index in [1.165, 1.54) is 16.8 Å². The molecular weight excluding hydrogens is 477 g/mol. The molecule has 0 aliphatic carbocycles. The minimum Gasteiger partial charge on any atom is -0.368 e. The molecule has 6 nitrogen and oxygen atoms in total. The molecule has 1 fully saturated rings. The predicted octanol–water partition coefficient (Wildman–Crippen LogP) is 4.11. The van der Waals surface area contributed by atoms with Crippen LogP contribution >= 0.6 is 24.0 Å². The Morgan fingerprint density at radius 3 is 2.52 bits per heavy atom. The summed E-state index contributed by atoms with van der Waals surface area (Å²) in [6.45, 7) is 16.0. The summed E-state index contributed by atoms with van der Waals surface area (Å²) in [5, 5.41) is 7.54. The molecule has 0 radical (unpaired) electrons. The molecule has 1 aliphatic rings. The zero-order chi connectivity index (χ0) is 20.1. The fourth-order valence-corrected chi connectivity index (χ4v) is 3.94. The third kappa shape index (κ3) is 5.87. The summed E-state index contributed by atoms with van der Waals surface area (Å²) in [6.07, 6.45) is 0. The van der Waals surface area contributed by atoms with Gasteiger partial charge in [0.2, 0.25) is 0 Å². The summed E-state index contributed by atoms with van der Waals surface area (Å²) in [7, 11) is 0. The van der Waals surface area contributed by atoms with Crippen molar-refractivity contribution in [1.82, 2.24) is 15.4 Å². The van der Waals surface area contributed by atoms with E-state index < -0.39 is 0 Å². The average molecular weight is 511 g/mol. The minimum absolute atomic E-state index is 0. The second-order valence-electron chi connectivity index (χ2n) is 7.65. The number of aliphatic imine (C=N–C) groups is 1. The molecule has 29 heavy (non-hydrogen) atoms. The second-order valence-corrected chi connectivity index (χ2v) is 7.65. The second kappa shape index (κ2) is 10.8. The number of piperazine rings is 1. The first-order chi connectivity index (χ1) is 13.5. The molecule has 0 spiro atoms. The SMILES string of the molecule is CCNC(=NCC(C)c1c(C)noc1C)N1CCN(c2cccc(C)c2)CC1.I. The summed E-state index contributed by atoms with van der Waals surface area (Å²) >= 11 is 0. The lowest BCUT2D eigenvalue weighted by molar-refractivity contribution is 0.372. The topological polar surface area (TPSA) is 56.9 Å². The van der Waals surface area contributed by atoms with E-state index >= 15 is 0 Å². The molecule has 2 aromatic rings. The van der Waals surface area contributed by atoms with Crippen molar-refractivity contribution in [2.24, 2.45) is 4.99 Å². The molecule has 1 N–H and O–H groups in total. The number of halogens is 1.